The van der Waals surface area contributed by atoms with Crippen molar-refractivity contribution in [2.24, 2.45) is 0 Å². The van der Waals surface area contributed by atoms with E-state index in [-0.39, 0.29) is 0 Å². The van der Waals surface area contributed by atoms with Gasteiger partial charge in [-0.1, -0.05) is 0 Å². The maximum absolute atomic E-state index is 5.33. The van der Waals surface area contributed by atoms with E-state index in [0.717, 1.165) is 17.1 Å². The minimum atomic E-state index is 0.698. The summed E-state index contributed by atoms with van der Waals surface area (Å²) in [6, 6.07) is 5.96. The van der Waals surface area contributed by atoms with Gasteiger partial charge in [-0.2, -0.15) is 0 Å². The monoisotopic (exact) mass is 202 g/mol. The highest BCUT2D eigenvalue weighted by Crippen LogP contribution is 2.12. The van der Waals surface area contributed by atoms with E-state index in [1.807, 2.05) is 38.2 Å². The highest BCUT2D eigenvalue weighted by molar-refractivity contribution is 5.41. The Morgan fingerprint density at radius 2 is 2.13 bits per heavy atom. The van der Waals surface area contributed by atoms with Crippen LogP contribution in [-0.2, 0) is 6.54 Å². The molecule has 2 rings (SSSR count). The number of aryl methyl sites for hydroxylation is 2. The SMILES string of the molecule is Cc1ccc(NCc2occc2C)cn1. The van der Waals surface area contributed by atoms with E-state index in [0.29, 0.717) is 6.54 Å². The van der Waals surface area contributed by atoms with Crippen LogP contribution in [0.2, 0.25) is 0 Å². The van der Waals surface area contributed by atoms with Crippen LogP contribution in [0.4, 0.5) is 5.69 Å². The predicted octanol–water partition coefficient (Wildman–Crippen LogP) is 2.90. The van der Waals surface area contributed by atoms with Gasteiger partial charge in [0.25, 0.3) is 0 Å². The first-order valence-corrected chi connectivity index (χ1v) is 4.95. The number of nitrogens with zero attached hydrogens (tertiary/aromatic N) is 1. The maximum Gasteiger partial charge on any atom is 0.125 e. The lowest BCUT2D eigenvalue weighted by Crippen LogP contribution is -1.99. The van der Waals surface area contributed by atoms with Crippen molar-refractivity contribution in [3.8, 4) is 0 Å². The smallest absolute Gasteiger partial charge is 0.125 e. The van der Waals surface area contributed by atoms with Crippen molar-refractivity contribution >= 4 is 5.69 Å². The third-order valence-electron chi connectivity index (χ3n) is 2.33. The second-order valence-corrected chi connectivity index (χ2v) is 3.57. The molecule has 0 aliphatic heterocycles. The molecule has 15 heavy (non-hydrogen) atoms. The molecule has 0 unspecified atom stereocenters. The van der Waals surface area contributed by atoms with Crippen LogP contribution in [0.5, 0.6) is 0 Å². The van der Waals surface area contributed by atoms with Crippen LogP contribution in [0.3, 0.4) is 0 Å². The molecule has 2 aromatic rings. The van der Waals surface area contributed by atoms with Crippen LogP contribution >= 0.6 is 0 Å². The number of aromatic nitrogens is 1. The standard InChI is InChI=1S/C12H14N2O/c1-9-5-6-15-12(9)8-14-11-4-3-10(2)13-7-11/h3-7,14H,8H2,1-2H3. The van der Waals surface area contributed by atoms with Gasteiger partial charge in [-0.25, -0.2) is 0 Å². The number of nitrogens with one attached hydrogen (secondary N) is 1. The summed E-state index contributed by atoms with van der Waals surface area (Å²) in [7, 11) is 0. The maximum atomic E-state index is 5.33. The largest absolute Gasteiger partial charge is 0.467 e. The van der Waals surface area contributed by atoms with Crippen LogP contribution in [0.1, 0.15) is 17.0 Å². The molecular weight excluding hydrogens is 188 g/mol. The molecule has 0 aliphatic rings. The molecule has 0 atom stereocenters. The fraction of sp³-hybridized carbons (Fsp3) is 0.250. The molecule has 3 nitrogen and oxygen atoms in total. The molecule has 0 aromatic carbocycles. The Labute approximate surface area is 89.1 Å². The Morgan fingerprint density at radius 1 is 1.27 bits per heavy atom. The first kappa shape index (κ1) is 9.77. The summed E-state index contributed by atoms with van der Waals surface area (Å²) in [5.41, 5.74) is 3.20. The summed E-state index contributed by atoms with van der Waals surface area (Å²) in [6.07, 6.45) is 3.54. The number of furan rings is 1. The third kappa shape index (κ3) is 2.37. The summed E-state index contributed by atoms with van der Waals surface area (Å²) in [5.74, 6) is 0.968. The second kappa shape index (κ2) is 4.17. The summed E-state index contributed by atoms with van der Waals surface area (Å²) in [4.78, 5) is 4.21. The summed E-state index contributed by atoms with van der Waals surface area (Å²) >= 11 is 0. The predicted molar refractivity (Wildman–Crippen MR) is 59.7 cm³/mol. The second-order valence-electron chi connectivity index (χ2n) is 3.57. The molecule has 1 N–H and O–H groups in total. The Hall–Kier alpha value is -1.77. The van der Waals surface area contributed by atoms with Gasteiger partial charge in [0.1, 0.15) is 5.76 Å². The number of hydrogen-bond acceptors (Lipinski definition) is 3. The fourth-order valence-electron chi connectivity index (χ4n) is 1.34. The van der Waals surface area contributed by atoms with E-state index in [4.69, 9.17) is 4.42 Å². The van der Waals surface area contributed by atoms with E-state index in [9.17, 15) is 0 Å². The highest BCUT2D eigenvalue weighted by Gasteiger charge is 2.00. The molecule has 2 aromatic heterocycles. The van der Waals surface area contributed by atoms with Crippen molar-refractivity contribution < 1.29 is 4.42 Å². The van der Waals surface area contributed by atoms with Crippen LogP contribution < -0.4 is 5.32 Å². The van der Waals surface area contributed by atoms with Gasteiger partial charge in [0.2, 0.25) is 0 Å². The van der Waals surface area contributed by atoms with E-state index < -0.39 is 0 Å². The molecule has 2 heterocycles. The minimum absolute atomic E-state index is 0.698. The van der Waals surface area contributed by atoms with Crippen LogP contribution in [-0.4, -0.2) is 4.98 Å². The van der Waals surface area contributed by atoms with Crippen molar-refractivity contribution in [1.82, 2.24) is 4.98 Å². The van der Waals surface area contributed by atoms with E-state index >= 15 is 0 Å². The van der Waals surface area contributed by atoms with Crippen LogP contribution in [0.25, 0.3) is 0 Å². The molecule has 0 aliphatic carbocycles. The van der Waals surface area contributed by atoms with Crippen molar-refractivity contribution in [1.29, 1.82) is 0 Å². The summed E-state index contributed by atoms with van der Waals surface area (Å²) < 4.78 is 5.33. The average molecular weight is 202 g/mol. The van der Waals surface area contributed by atoms with Gasteiger partial charge in [-0.3, -0.25) is 4.98 Å². The first-order chi connectivity index (χ1) is 7.25. The van der Waals surface area contributed by atoms with Gasteiger partial charge < -0.3 is 9.73 Å². The zero-order valence-electron chi connectivity index (χ0n) is 8.95. The van der Waals surface area contributed by atoms with Gasteiger partial charge in [0.05, 0.1) is 24.7 Å². The number of pyridine rings is 1. The highest BCUT2D eigenvalue weighted by atomic mass is 16.3. The van der Waals surface area contributed by atoms with Gasteiger partial charge in [-0.05, 0) is 37.6 Å². The fourth-order valence-corrected chi connectivity index (χ4v) is 1.34. The van der Waals surface area contributed by atoms with E-state index in [1.165, 1.54) is 5.56 Å². The van der Waals surface area contributed by atoms with Crippen molar-refractivity contribution in [3.05, 3.63) is 47.7 Å². The van der Waals surface area contributed by atoms with Gasteiger partial charge in [-0.15, -0.1) is 0 Å². The Bertz CT molecular complexity index is 431. The quantitative estimate of drug-likeness (QED) is 0.831. The zero-order chi connectivity index (χ0) is 10.7. The lowest BCUT2D eigenvalue weighted by atomic mass is 10.3. The molecule has 0 radical (unpaired) electrons. The molecule has 0 fully saturated rings. The van der Waals surface area contributed by atoms with E-state index in [1.54, 1.807) is 6.26 Å². The minimum Gasteiger partial charge on any atom is -0.467 e. The Balaban J connectivity index is 1.99. The van der Waals surface area contributed by atoms with Crippen molar-refractivity contribution in [2.45, 2.75) is 20.4 Å². The number of anilines is 1. The van der Waals surface area contributed by atoms with Gasteiger partial charge in [0.15, 0.2) is 0 Å². The zero-order valence-corrected chi connectivity index (χ0v) is 8.95. The normalized spacial score (nSPS) is 10.3. The molecule has 0 saturated carbocycles. The van der Waals surface area contributed by atoms with Gasteiger partial charge >= 0.3 is 0 Å². The number of rotatable bonds is 3. The third-order valence-corrected chi connectivity index (χ3v) is 2.33. The van der Waals surface area contributed by atoms with Crippen LogP contribution in [0.15, 0.2) is 35.1 Å². The number of hydrogen-bond donors (Lipinski definition) is 1. The molecule has 78 valence electrons. The van der Waals surface area contributed by atoms with Gasteiger partial charge in [0, 0.05) is 5.69 Å². The average Bonchev–Trinajstić information content (AvgIpc) is 2.63. The topological polar surface area (TPSA) is 38.1 Å². The Morgan fingerprint density at radius 3 is 2.73 bits per heavy atom. The van der Waals surface area contributed by atoms with E-state index in [2.05, 4.69) is 10.3 Å². The summed E-state index contributed by atoms with van der Waals surface area (Å²) in [6.45, 7) is 4.71. The molecule has 0 saturated heterocycles. The lowest BCUT2D eigenvalue weighted by Gasteiger charge is -2.04. The first-order valence-electron chi connectivity index (χ1n) is 4.95. The lowest BCUT2D eigenvalue weighted by molar-refractivity contribution is 0.515. The molecular formula is C12H14N2O. The molecule has 3 heteroatoms. The van der Waals surface area contributed by atoms with Crippen molar-refractivity contribution in [2.75, 3.05) is 5.32 Å². The van der Waals surface area contributed by atoms with Crippen molar-refractivity contribution in [3.63, 3.8) is 0 Å². The van der Waals surface area contributed by atoms with Crippen LogP contribution in [0, 0.1) is 13.8 Å². The molecule has 0 bridgehead atoms. The Kier molecular flexibility index (Phi) is 2.72. The molecule has 0 amide bonds. The summed E-state index contributed by atoms with van der Waals surface area (Å²) in [5, 5.41) is 3.26. The molecule has 0 spiro atoms.